The molecule has 88 valence electrons. The van der Waals surface area contributed by atoms with Gasteiger partial charge in [-0.1, -0.05) is 23.8 Å². The highest BCUT2D eigenvalue weighted by atomic mass is 32.1. The van der Waals surface area contributed by atoms with E-state index in [0.717, 1.165) is 27.1 Å². The summed E-state index contributed by atoms with van der Waals surface area (Å²) in [5.41, 5.74) is 4.55. The molecule has 2 rings (SSSR count). The summed E-state index contributed by atoms with van der Waals surface area (Å²) < 4.78 is 0. The van der Waals surface area contributed by atoms with Crippen LogP contribution in [0.25, 0.3) is 11.1 Å². The molecule has 0 spiro atoms. The Kier molecular flexibility index (Phi) is 3.03. The van der Waals surface area contributed by atoms with Crippen LogP contribution in [0.2, 0.25) is 0 Å². The molecule has 1 N–H and O–H groups in total. The van der Waals surface area contributed by atoms with Crippen molar-refractivity contribution in [3.8, 4) is 11.1 Å². The van der Waals surface area contributed by atoms with Crippen molar-refractivity contribution in [2.24, 2.45) is 0 Å². The van der Waals surface area contributed by atoms with Crippen molar-refractivity contribution in [1.82, 2.24) is 0 Å². The third-order valence-corrected chi connectivity index (χ3v) is 3.78. The van der Waals surface area contributed by atoms with E-state index in [2.05, 4.69) is 6.07 Å². The molecular formula is C14H14O2S. The van der Waals surface area contributed by atoms with Crippen molar-refractivity contribution in [3.63, 3.8) is 0 Å². The number of rotatable bonds is 2. The topological polar surface area (TPSA) is 37.3 Å². The van der Waals surface area contributed by atoms with Crippen LogP contribution in [0, 0.1) is 20.8 Å². The molecule has 0 saturated heterocycles. The number of aromatic carboxylic acids is 1. The van der Waals surface area contributed by atoms with Crippen LogP contribution in [0.3, 0.4) is 0 Å². The fourth-order valence-electron chi connectivity index (χ4n) is 1.95. The molecule has 0 radical (unpaired) electrons. The third kappa shape index (κ3) is 2.11. The molecule has 0 bridgehead atoms. The largest absolute Gasteiger partial charge is 0.478 e. The van der Waals surface area contributed by atoms with Crippen LogP contribution in [0.15, 0.2) is 23.6 Å². The van der Waals surface area contributed by atoms with Crippen LogP contribution in [0.5, 0.6) is 0 Å². The lowest BCUT2D eigenvalue weighted by molar-refractivity contribution is 0.0698. The fraction of sp³-hybridized carbons (Fsp3) is 0.214. The molecule has 17 heavy (non-hydrogen) atoms. The molecule has 0 aliphatic carbocycles. The van der Waals surface area contributed by atoms with E-state index in [9.17, 15) is 9.90 Å². The maximum Gasteiger partial charge on any atom is 0.337 e. The van der Waals surface area contributed by atoms with Crippen LogP contribution in [-0.2, 0) is 0 Å². The average Bonchev–Trinajstić information content (AvgIpc) is 2.64. The van der Waals surface area contributed by atoms with Gasteiger partial charge in [-0.05, 0) is 31.9 Å². The van der Waals surface area contributed by atoms with Crippen molar-refractivity contribution in [2.75, 3.05) is 0 Å². The van der Waals surface area contributed by atoms with Gasteiger partial charge >= 0.3 is 5.97 Å². The minimum atomic E-state index is -0.856. The zero-order chi connectivity index (χ0) is 12.6. The summed E-state index contributed by atoms with van der Waals surface area (Å²) in [6.45, 7) is 6.00. The predicted molar refractivity (Wildman–Crippen MR) is 70.9 cm³/mol. The van der Waals surface area contributed by atoms with Crippen LogP contribution in [0.1, 0.15) is 26.4 Å². The van der Waals surface area contributed by atoms with E-state index >= 15 is 0 Å². The average molecular weight is 246 g/mol. The van der Waals surface area contributed by atoms with Gasteiger partial charge in [0, 0.05) is 15.8 Å². The number of carboxylic acid groups (broad SMARTS) is 1. The van der Waals surface area contributed by atoms with E-state index in [1.807, 2.05) is 32.9 Å². The Bertz CT molecular complexity index is 582. The SMILES string of the molecule is Cc1ccc(C)c(-c2c(C(=O)O)csc2C)c1. The van der Waals surface area contributed by atoms with E-state index in [1.165, 1.54) is 11.3 Å². The van der Waals surface area contributed by atoms with Crippen LogP contribution < -0.4 is 0 Å². The summed E-state index contributed by atoms with van der Waals surface area (Å²) in [4.78, 5) is 12.3. The Hall–Kier alpha value is -1.61. The molecule has 1 aromatic heterocycles. The maximum absolute atomic E-state index is 11.2. The third-order valence-electron chi connectivity index (χ3n) is 2.87. The van der Waals surface area contributed by atoms with Crippen molar-refractivity contribution in [1.29, 1.82) is 0 Å². The smallest absolute Gasteiger partial charge is 0.337 e. The maximum atomic E-state index is 11.2. The summed E-state index contributed by atoms with van der Waals surface area (Å²) >= 11 is 1.49. The molecule has 0 atom stereocenters. The minimum absolute atomic E-state index is 0.404. The van der Waals surface area contributed by atoms with E-state index in [1.54, 1.807) is 5.38 Å². The Morgan fingerprint density at radius 2 is 1.94 bits per heavy atom. The number of hydrogen-bond acceptors (Lipinski definition) is 2. The Balaban J connectivity index is 2.71. The molecule has 0 amide bonds. The molecular weight excluding hydrogens is 232 g/mol. The second-order valence-electron chi connectivity index (χ2n) is 4.20. The summed E-state index contributed by atoms with van der Waals surface area (Å²) in [6.07, 6.45) is 0. The normalized spacial score (nSPS) is 10.5. The summed E-state index contributed by atoms with van der Waals surface area (Å²) in [6, 6.07) is 6.13. The summed E-state index contributed by atoms with van der Waals surface area (Å²) in [5.74, 6) is -0.856. The van der Waals surface area contributed by atoms with Crippen LogP contribution >= 0.6 is 11.3 Å². The van der Waals surface area contributed by atoms with Crippen LogP contribution in [0.4, 0.5) is 0 Å². The number of benzene rings is 1. The van der Waals surface area contributed by atoms with E-state index in [4.69, 9.17) is 0 Å². The molecule has 1 heterocycles. The standard InChI is InChI=1S/C14H14O2S/c1-8-4-5-9(2)11(6-8)13-10(3)17-7-12(13)14(15)16/h4-7H,1-3H3,(H,15,16). The molecule has 2 nitrogen and oxygen atoms in total. The lowest BCUT2D eigenvalue weighted by Crippen LogP contribution is -1.98. The van der Waals surface area contributed by atoms with Gasteiger partial charge in [0.2, 0.25) is 0 Å². The molecule has 3 heteroatoms. The molecule has 0 saturated carbocycles. The predicted octanol–water partition coefficient (Wildman–Crippen LogP) is 4.04. The van der Waals surface area contributed by atoms with Crippen molar-refractivity contribution < 1.29 is 9.90 Å². The molecule has 1 aromatic carbocycles. The first kappa shape index (κ1) is 11.9. The number of carbonyl (C=O) groups is 1. The van der Waals surface area contributed by atoms with Crippen LogP contribution in [-0.4, -0.2) is 11.1 Å². The Labute approximate surface area is 105 Å². The molecule has 0 aliphatic heterocycles. The number of aryl methyl sites for hydroxylation is 3. The van der Waals surface area contributed by atoms with E-state index in [0.29, 0.717) is 5.56 Å². The van der Waals surface area contributed by atoms with Crippen molar-refractivity contribution >= 4 is 17.3 Å². The zero-order valence-electron chi connectivity index (χ0n) is 10.1. The Morgan fingerprint density at radius 3 is 2.59 bits per heavy atom. The van der Waals surface area contributed by atoms with Gasteiger partial charge < -0.3 is 5.11 Å². The van der Waals surface area contributed by atoms with Gasteiger partial charge in [-0.2, -0.15) is 0 Å². The molecule has 0 unspecified atom stereocenters. The highest BCUT2D eigenvalue weighted by Crippen LogP contribution is 2.34. The first-order chi connectivity index (χ1) is 8.00. The van der Waals surface area contributed by atoms with Gasteiger partial charge in [-0.3, -0.25) is 0 Å². The monoisotopic (exact) mass is 246 g/mol. The number of carboxylic acids is 1. The van der Waals surface area contributed by atoms with Gasteiger partial charge in [-0.15, -0.1) is 11.3 Å². The lowest BCUT2D eigenvalue weighted by Gasteiger charge is -2.08. The highest BCUT2D eigenvalue weighted by molar-refractivity contribution is 7.10. The van der Waals surface area contributed by atoms with Gasteiger partial charge in [0.15, 0.2) is 0 Å². The molecule has 2 aromatic rings. The molecule has 0 aliphatic rings. The number of hydrogen-bond donors (Lipinski definition) is 1. The number of thiophene rings is 1. The summed E-state index contributed by atoms with van der Waals surface area (Å²) in [7, 11) is 0. The van der Waals surface area contributed by atoms with Gasteiger partial charge in [0.1, 0.15) is 0 Å². The van der Waals surface area contributed by atoms with Gasteiger partial charge in [-0.25, -0.2) is 4.79 Å². The summed E-state index contributed by atoms with van der Waals surface area (Å²) in [5, 5.41) is 10.9. The Morgan fingerprint density at radius 1 is 1.24 bits per heavy atom. The van der Waals surface area contributed by atoms with Gasteiger partial charge in [0.05, 0.1) is 5.56 Å². The van der Waals surface area contributed by atoms with Crippen molar-refractivity contribution in [2.45, 2.75) is 20.8 Å². The first-order valence-electron chi connectivity index (χ1n) is 5.39. The lowest BCUT2D eigenvalue weighted by atomic mass is 9.96. The quantitative estimate of drug-likeness (QED) is 0.868. The highest BCUT2D eigenvalue weighted by Gasteiger charge is 2.17. The van der Waals surface area contributed by atoms with E-state index in [-0.39, 0.29) is 0 Å². The second-order valence-corrected chi connectivity index (χ2v) is 5.29. The van der Waals surface area contributed by atoms with Crippen molar-refractivity contribution in [3.05, 3.63) is 45.1 Å². The zero-order valence-corrected chi connectivity index (χ0v) is 10.9. The second kappa shape index (κ2) is 4.34. The first-order valence-corrected chi connectivity index (χ1v) is 6.27. The minimum Gasteiger partial charge on any atom is -0.478 e. The van der Waals surface area contributed by atoms with Gasteiger partial charge in [0.25, 0.3) is 0 Å². The fourth-order valence-corrected chi connectivity index (χ4v) is 2.80. The van der Waals surface area contributed by atoms with E-state index < -0.39 is 5.97 Å². The molecule has 0 fully saturated rings.